The topological polar surface area (TPSA) is 75.4 Å². The number of aromatic nitrogens is 1. The number of anilines is 1. The highest BCUT2D eigenvalue weighted by molar-refractivity contribution is 5.90. The Hall–Kier alpha value is -2.70. The molecule has 0 saturated carbocycles. The maximum absolute atomic E-state index is 12.9. The van der Waals surface area contributed by atoms with E-state index in [1.165, 1.54) is 24.0 Å². The molecule has 0 aliphatic rings. The lowest BCUT2D eigenvalue weighted by Gasteiger charge is -2.20. The molecule has 2 amide bonds. The fraction of sp³-hybridized carbons (Fsp3) is 0.312. The number of nitrogens with one attached hydrogen (secondary N) is 1. The molecule has 0 atom stereocenters. The number of aryl methyl sites for hydroxylation is 1. The molecule has 6 nitrogen and oxygen atoms in total. The number of hydrogen-bond donors (Lipinski definition) is 1. The lowest BCUT2D eigenvalue weighted by molar-refractivity contribution is -0.129. The molecule has 0 radical (unpaired) electrons. The fourth-order valence-corrected chi connectivity index (χ4v) is 2.03. The normalized spacial score (nSPS) is 10.4. The van der Waals surface area contributed by atoms with Gasteiger partial charge in [0.2, 0.25) is 11.8 Å². The van der Waals surface area contributed by atoms with Gasteiger partial charge in [-0.25, -0.2) is 4.39 Å². The van der Waals surface area contributed by atoms with E-state index in [0.29, 0.717) is 18.1 Å². The minimum atomic E-state index is -0.328. The maximum Gasteiger partial charge on any atom is 0.227 e. The molecular formula is C16H18FN3O3. The first-order valence-corrected chi connectivity index (χ1v) is 7.17. The Balaban J connectivity index is 1.88. The summed E-state index contributed by atoms with van der Waals surface area (Å²) >= 11 is 0. The van der Waals surface area contributed by atoms with Crippen molar-refractivity contribution in [2.75, 3.05) is 11.9 Å². The quantitative estimate of drug-likeness (QED) is 0.887. The Kier molecular flexibility index (Phi) is 5.46. The van der Waals surface area contributed by atoms with Crippen LogP contribution in [0.3, 0.4) is 0 Å². The van der Waals surface area contributed by atoms with Crippen LogP contribution in [0.4, 0.5) is 10.2 Å². The molecule has 122 valence electrons. The van der Waals surface area contributed by atoms with E-state index in [1.54, 1.807) is 25.1 Å². The van der Waals surface area contributed by atoms with Crippen molar-refractivity contribution < 1.29 is 18.5 Å². The number of nitrogens with zero attached hydrogens (tertiary/aromatic N) is 2. The summed E-state index contributed by atoms with van der Waals surface area (Å²) < 4.78 is 17.8. The van der Waals surface area contributed by atoms with Crippen LogP contribution >= 0.6 is 0 Å². The summed E-state index contributed by atoms with van der Waals surface area (Å²) in [6.45, 7) is 3.74. The number of benzene rings is 1. The summed E-state index contributed by atoms with van der Waals surface area (Å²) in [6.07, 6.45) is 0.132. The predicted molar refractivity (Wildman–Crippen MR) is 82.0 cm³/mol. The number of halogens is 1. The third-order valence-electron chi connectivity index (χ3n) is 3.24. The molecule has 0 saturated heterocycles. The van der Waals surface area contributed by atoms with Gasteiger partial charge in [0.25, 0.3) is 0 Å². The average Bonchev–Trinajstić information content (AvgIpc) is 2.90. The van der Waals surface area contributed by atoms with E-state index in [-0.39, 0.29) is 30.6 Å². The van der Waals surface area contributed by atoms with E-state index in [0.717, 1.165) is 5.56 Å². The lowest BCUT2D eigenvalue weighted by atomic mass is 10.2. The van der Waals surface area contributed by atoms with Crippen LogP contribution < -0.4 is 5.32 Å². The van der Waals surface area contributed by atoms with Crippen molar-refractivity contribution in [1.82, 2.24) is 10.1 Å². The number of carbonyl (C=O) groups is 2. The highest BCUT2D eigenvalue weighted by Crippen LogP contribution is 2.10. The molecule has 7 heteroatoms. The summed E-state index contributed by atoms with van der Waals surface area (Å²) in [5.74, 6) is 0.204. The van der Waals surface area contributed by atoms with Crippen molar-refractivity contribution in [3.8, 4) is 0 Å². The second-order valence-corrected chi connectivity index (χ2v) is 5.19. The van der Waals surface area contributed by atoms with E-state index in [9.17, 15) is 14.0 Å². The molecule has 1 heterocycles. The van der Waals surface area contributed by atoms with Crippen LogP contribution in [0.1, 0.15) is 24.7 Å². The SMILES string of the molecule is CC(=O)N(CCC(=O)Nc1cc(C)on1)Cc1ccc(F)cc1. The predicted octanol–water partition coefficient (Wildman–Crippen LogP) is 2.50. The molecule has 2 rings (SSSR count). The summed E-state index contributed by atoms with van der Waals surface area (Å²) in [4.78, 5) is 25.1. The van der Waals surface area contributed by atoms with Gasteiger partial charge in [-0.1, -0.05) is 17.3 Å². The third kappa shape index (κ3) is 5.21. The minimum Gasteiger partial charge on any atom is -0.360 e. The lowest BCUT2D eigenvalue weighted by Crippen LogP contribution is -2.31. The molecule has 0 fully saturated rings. The van der Waals surface area contributed by atoms with Gasteiger partial charge in [0.05, 0.1) is 0 Å². The molecule has 0 aliphatic heterocycles. The van der Waals surface area contributed by atoms with Crippen molar-refractivity contribution in [2.45, 2.75) is 26.8 Å². The highest BCUT2D eigenvalue weighted by atomic mass is 19.1. The van der Waals surface area contributed by atoms with Gasteiger partial charge in [0.15, 0.2) is 5.82 Å². The van der Waals surface area contributed by atoms with Crippen LogP contribution in [-0.2, 0) is 16.1 Å². The second kappa shape index (κ2) is 7.53. The molecule has 1 aromatic heterocycles. The molecule has 0 bridgehead atoms. The Morgan fingerprint density at radius 1 is 1.30 bits per heavy atom. The molecule has 1 aromatic carbocycles. The Morgan fingerprint density at radius 2 is 2.00 bits per heavy atom. The van der Waals surface area contributed by atoms with Crippen molar-refractivity contribution in [3.05, 3.63) is 47.5 Å². The third-order valence-corrected chi connectivity index (χ3v) is 3.24. The van der Waals surface area contributed by atoms with Gasteiger partial charge in [-0.2, -0.15) is 0 Å². The van der Waals surface area contributed by atoms with Gasteiger partial charge in [-0.15, -0.1) is 0 Å². The number of amides is 2. The van der Waals surface area contributed by atoms with E-state index in [2.05, 4.69) is 10.5 Å². The zero-order chi connectivity index (χ0) is 16.8. The molecule has 1 N–H and O–H groups in total. The summed E-state index contributed by atoms with van der Waals surface area (Å²) in [5.41, 5.74) is 0.800. The van der Waals surface area contributed by atoms with Crippen LogP contribution in [0.25, 0.3) is 0 Å². The largest absolute Gasteiger partial charge is 0.360 e. The van der Waals surface area contributed by atoms with Crippen LogP contribution in [0.5, 0.6) is 0 Å². The molecule has 23 heavy (non-hydrogen) atoms. The van der Waals surface area contributed by atoms with E-state index < -0.39 is 0 Å². The fourth-order valence-electron chi connectivity index (χ4n) is 2.03. The van der Waals surface area contributed by atoms with Gasteiger partial charge in [-0.3, -0.25) is 9.59 Å². The monoisotopic (exact) mass is 319 g/mol. The van der Waals surface area contributed by atoms with Crippen LogP contribution in [0.2, 0.25) is 0 Å². The van der Waals surface area contributed by atoms with Gasteiger partial charge in [0, 0.05) is 32.5 Å². The number of carbonyl (C=O) groups excluding carboxylic acids is 2. The van der Waals surface area contributed by atoms with Crippen molar-refractivity contribution in [3.63, 3.8) is 0 Å². The Morgan fingerprint density at radius 3 is 2.57 bits per heavy atom. The second-order valence-electron chi connectivity index (χ2n) is 5.19. The Labute approximate surface area is 133 Å². The summed E-state index contributed by atoms with van der Waals surface area (Å²) in [7, 11) is 0. The van der Waals surface area contributed by atoms with Gasteiger partial charge >= 0.3 is 0 Å². The standard InChI is InChI=1S/C16H18FN3O3/c1-11-9-15(19-23-11)18-16(22)7-8-20(12(2)21)10-13-3-5-14(17)6-4-13/h3-6,9H,7-8,10H2,1-2H3,(H,18,19,22). The number of hydrogen-bond acceptors (Lipinski definition) is 4. The van der Waals surface area contributed by atoms with Crippen LogP contribution in [-0.4, -0.2) is 28.4 Å². The average molecular weight is 319 g/mol. The minimum absolute atomic E-state index is 0.132. The van der Waals surface area contributed by atoms with Crippen LogP contribution in [0, 0.1) is 12.7 Å². The number of rotatable bonds is 6. The van der Waals surface area contributed by atoms with Crippen LogP contribution in [0.15, 0.2) is 34.9 Å². The van der Waals surface area contributed by atoms with E-state index in [1.807, 2.05) is 0 Å². The van der Waals surface area contributed by atoms with E-state index >= 15 is 0 Å². The molecule has 2 aromatic rings. The summed E-state index contributed by atoms with van der Waals surface area (Å²) in [5, 5.41) is 6.27. The maximum atomic E-state index is 12.9. The smallest absolute Gasteiger partial charge is 0.227 e. The highest BCUT2D eigenvalue weighted by Gasteiger charge is 2.13. The first-order chi connectivity index (χ1) is 10.9. The molecular weight excluding hydrogens is 301 g/mol. The Bertz CT molecular complexity index is 682. The van der Waals surface area contributed by atoms with Gasteiger partial charge < -0.3 is 14.7 Å². The van der Waals surface area contributed by atoms with Gasteiger partial charge in [0.1, 0.15) is 11.6 Å². The first-order valence-electron chi connectivity index (χ1n) is 7.17. The zero-order valence-electron chi connectivity index (χ0n) is 13.0. The van der Waals surface area contributed by atoms with Crippen molar-refractivity contribution in [1.29, 1.82) is 0 Å². The summed E-state index contributed by atoms with van der Waals surface area (Å²) in [6, 6.07) is 7.52. The zero-order valence-corrected chi connectivity index (χ0v) is 13.0. The molecule has 0 aliphatic carbocycles. The first kappa shape index (κ1) is 16.7. The van der Waals surface area contributed by atoms with Crippen molar-refractivity contribution in [2.24, 2.45) is 0 Å². The molecule has 0 spiro atoms. The van der Waals surface area contributed by atoms with E-state index in [4.69, 9.17) is 4.52 Å². The van der Waals surface area contributed by atoms with Crippen molar-refractivity contribution >= 4 is 17.6 Å². The molecule has 0 unspecified atom stereocenters. The van der Waals surface area contributed by atoms with Gasteiger partial charge in [-0.05, 0) is 24.6 Å².